The van der Waals surface area contributed by atoms with Gasteiger partial charge >= 0.3 is 0 Å². The highest BCUT2D eigenvalue weighted by Gasteiger charge is 2.35. The number of hydrogen-bond donors (Lipinski definition) is 3. The number of fused-ring (bicyclic) bond motifs is 1. The van der Waals surface area contributed by atoms with Crippen molar-refractivity contribution >= 4 is 10.9 Å². The monoisotopic (exact) mass is 869 g/mol. The van der Waals surface area contributed by atoms with E-state index in [2.05, 4.69) is 153 Å². The molecule has 0 spiro atoms. The van der Waals surface area contributed by atoms with Gasteiger partial charge in [-0.1, -0.05) is 104 Å². The molecule has 3 atom stereocenters. The van der Waals surface area contributed by atoms with Crippen molar-refractivity contribution in [3.8, 4) is 22.4 Å². The minimum atomic E-state index is -0.0383. The second kappa shape index (κ2) is 22.2. The summed E-state index contributed by atoms with van der Waals surface area (Å²) in [6.07, 6.45) is 11.6. The standard InChI is InChI=1S/C56H84N8/c1-14-26-56(11,12)37-50-49-36-46(22-23-53(49)62(17-4)55(50)48-21-20-27-58-51(48)15-2)47-33-40(7)32-44(34-47)35-52(43(10)64-29-19-18-28-59-64)60-41(8)54(39(5)6)63-31-25-45(42(63)9)24-30-61(13)38-57-16-3/h20-23,27,32-34,36,39,45,52,54,57,59-60H,8-10,14-19,24-26,28-31,35,37-38H2,1-7,11-13H3. The van der Waals surface area contributed by atoms with Crippen molar-refractivity contribution in [1.82, 2.24) is 40.4 Å². The first-order chi connectivity index (χ1) is 30.7. The quantitative estimate of drug-likeness (QED) is 0.0642. The van der Waals surface area contributed by atoms with E-state index < -0.39 is 0 Å². The lowest BCUT2D eigenvalue weighted by Crippen LogP contribution is -2.50. The van der Waals surface area contributed by atoms with Gasteiger partial charge in [-0.25, -0.2) is 5.43 Å². The van der Waals surface area contributed by atoms with Crippen molar-refractivity contribution in [2.24, 2.45) is 17.3 Å². The Morgan fingerprint density at radius 1 is 1.02 bits per heavy atom. The van der Waals surface area contributed by atoms with Crippen LogP contribution in [0.3, 0.4) is 0 Å². The van der Waals surface area contributed by atoms with Crippen molar-refractivity contribution in [2.75, 3.05) is 46.4 Å². The summed E-state index contributed by atoms with van der Waals surface area (Å²) in [5.74, 6) is 0.850. The summed E-state index contributed by atoms with van der Waals surface area (Å²) in [5, 5.41) is 11.1. The third kappa shape index (κ3) is 11.5. The fourth-order valence-corrected chi connectivity index (χ4v) is 10.8. The van der Waals surface area contributed by atoms with Crippen LogP contribution in [0.2, 0.25) is 0 Å². The van der Waals surface area contributed by atoms with Gasteiger partial charge < -0.3 is 25.1 Å². The molecule has 2 aliphatic heterocycles. The number of hydrogen-bond acceptors (Lipinski definition) is 7. The summed E-state index contributed by atoms with van der Waals surface area (Å²) in [6.45, 7) is 41.9. The van der Waals surface area contributed by atoms with Gasteiger partial charge in [-0.15, -0.1) is 0 Å². The van der Waals surface area contributed by atoms with Crippen LogP contribution in [0.4, 0.5) is 0 Å². The van der Waals surface area contributed by atoms with Crippen LogP contribution in [0.1, 0.15) is 116 Å². The van der Waals surface area contributed by atoms with E-state index in [9.17, 15) is 0 Å². The van der Waals surface area contributed by atoms with Gasteiger partial charge in [0.1, 0.15) is 0 Å². The molecule has 0 bridgehead atoms. The van der Waals surface area contributed by atoms with Crippen molar-refractivity contribution < 1.29 is 0 Å². The van der Waals surface area contributed by atoms with Gasteiger partial charge in [-0.2, -0.15) is 0 Å². The number of nitrogens with one attached hydrogen (secondary N) is 3. The van der Waals surface area contributed by atoms with E-state index in [1.54, 1.807) is 0 Å². The Kier molecular flexibility index (Phi) is 17.0. The third-order valence-electron chi connectivity index (χ3n) is 14.1. The SMILES string of the molecule is C=C(NC(Cc1cc(C)cc(-c2ccc3c(c2)c(CC(C)(C)CCC)c(-c2cccnc2CC)n3CC)c1)C(=C)N1CCCCN1)C(C(C)C)N1CCC(CCN(C)CNCC)C1=C. The normalized spacial score (nSPS) is 16.9. The van der Waals surface area contributed by atoms with Crippen LogP contribution >= 0.6 is 0 Å². The molecule has 0 saturated carbocycles. The molecule has 64 heavy (non-hydrogen) atoms. The number of aryl methyl sites for hydroxylation is 3. The van der Waals surface area contributed by atoms with Crippen LogP contribution in [0.5, 0.6) is 0 Å². The molecule has 8 nitrogen and oxygen atoms in total. The molecular weight excluding hydrogens is 785 g/mol. The number of nitrogens with zero attached hydrogens (tertiary/aromatic N) is 5. The molecule has 2 aromatic carbocycles. The van der Waals surface area contributed by atoms with Crippen LogP contribution in [0.25, 0.3) is 33.3 Å². The molecule has 0 amide bonds. The number of pyridine rings is 1. The Hall–Kier alpha value is -4.37. The van der Waals surface area contributed by atoms with Crippen molar-refractivity contribution in [2.45, 2.75) is 139 Å². The minimum absolute atomic E-state index is 0.0383. The Labute approximate surface area is 388 Å². The molecule has 3 unspecified atom stereocenters. The van der Waals surface area contributed by atoms with Crippen LogP contribution in [0.15, 0.2) is 91.6 Å². The molecule has 348 valence electrons. The van der Waals surface area contributed by atoms with E-state index in [-0.39, 0.29) is 17.5 Å². The van der Waals surface area contributed by atoms with E-state index in [0.29, 0.717) is 11.8 Å². The predicted octanol–water partition coefficient (Wildman–Crippen LogP) is 11.5. The number of aromatic nitrogens is 2. The smallest absolute Gasteiger partial charge is 0.0707 e. The first-order valence-electron chi connectivity index (χ1n) is 24.9. The van der Waals surface area contributed by atoms with Gasteiger partial charge in [0.05, 0.1) is 17.8 Å². The molecule has 0 aliphatic carbocycles. The van der Waals surface area contributed by atoms with Gasteiger partial charge in [-0.3, -0.25) is 9.88 Å². The zero-order valence-electron chi connectivity index (χ0n) is 41.7. The second-order valence-electron chi connectivity index (χ2n) is 20.1. The summed E-state index contributed by atoms with van der Waals surface area (Å²) >= 11 is 0. The summed E-state index contributed by atoms with van der Waals surface area (Å²) in [5.41, 5.74) is 18.8. The van der Waals surface area contributed by atoms with Crippen LogP contribution < -0.4 is 16.1 Å². The van der Waals surface area contributed by atoms with Crippen molar-refractivity contribution in [3.05, 3.63) is 114 Å². The van der Waals surface area contributed by atoms with Gasteiger partial charge in [-0.05, 0) is 143 Å². The first kappa shape index (κ1) is 49.1. The van der Waals surface area contributed by atoms with E-state index in [1.807, 2.05) is 6.20 Å². The summed E-state index contributed by atoms with van der Waals surface area (Å²) in [4.78, 5) is 9.82. The highest BCUT2D eigenvalue weighted by molar-refractivity contribution is 5.95. The highest BCUT2D eigenvalue weighted by Crippen LogP contribution is 2.42. The molecule has 4 aromatic rings. The molecule has 2 fully saturated rings. The molecule has 8 heteroatoms. The zero-order valence-corrected chi connectivity index (χ0v) is 41.7. The number of likely N-dealkylation sites (tertiary alicyclic amines) is 1. The second-order valence-corrected chi connectivity index (χ2v) is 20.1. The van der Waals surface area contributed by atoms with Crippen LogP contribution in [-0.4, -0.2) is 82.9 Å². The van der Waals surface area contributed by atoms with Gasteiger partial charge in [0.2, 0.25) is 0 Å². The Morgan fingerprint density at radius 3 is 2.50 bits per heavy atom. The lowest BCUT2D eigenvalue weighted by atomic mass is 9.80. The number of allylic oxidation sites excluding steroid dienone is 1. The molecule has 3 N–H and O–H groups in total. The first-order valence-corrected chi connectivity index (χ1v) is 24.9. The average molecular weight is 869 g/mol. The van der Waals surface area contributed by atoms with E-state index in [0.717, 1.165) is 95.9 Å². The van der Waals surface area contributed by atoms with Crippen molar-refractivity contribution in [3.63, 3.8) is 0 Å². The topological polar surface area (TPSA) is 63.6 Å². The Bertz CT molecular complexity index is 2210. The third-order valence-corrected chi connectivity index (χ3v) is 14.1. The van der Waals surface area contributed by atoms with E-state index in [1.165, 1.54) is 80.6 Å². The van der Waals surface area contributed by atoms with Gasteiger partial charge in [0, 0.05) is 84.2 Å². The molecular formula is C56H84N8. The molecule has 0 radical (unpaired) electrons. The average Bonchev–Trinajstić information content (AvgIpc) is 3.78. The largest absolute Gasteiger partial charge is 0.378 e. The maximum atomic E-state index is 4.88. The summed E-state index contributed by atoms with van der Waals surface area (Å²) in [6, 6.07) is 18.9. The Balaban J connectivity index is 1.33. The molecule has 4 heterocycles. The zero-order chi connectivity index (χ0) is 46.1. The summed E-state index contributed by atoms with van der Waals surface area (Å²) in [7, 11) is 2.21. The van der Waals surface area contributed by atoms with Gasteiger partial charge in [0.25, 0.3) is 0 Å². The predicted molar refractivity (Wildman–Crippen MR) is 274 cm³/mol. The van der Waals surface area contributed by atoms with Crippen molar-refractivity contribution in [1.29, 1.82) is 0 Å². The number of rotatable bonds is 23. The summed E-state index contributed by atoms with van der Waals surface area (Å²) < 4.78 is 2.55. The van der Waals surface area contributed by atoms with Crippen LogP contribution in [0, 0.1) is 24.2 Å². The van der Waals surface area contributed by atoms with E-state index in [4.69, 9.17) is 24.7 Å². The van der Waals surface area contributed by atoms with E-state index >= 15 is 0 Å². The molecule has 6 rings (SSSR count). The highest BCUT2D eigenvalue weighted by atomic mass is 15.5. The fourth-order valence-electron chi connectivity index (χ4n) is 10.8. The number of benzene rings is 2. The lowest BCUT2D eigenvalue weighted by Gasteiger charge is -2.40. The maximum absolute atomic E-state index is 4.88. The number of hydrazine groups is 1. The maximum Gasteiger partial charge on any atom is 0.0707 e. The minimum Gasteiger partial charge on any atom is -0.378 e. The molecule has 2 aromatic heterocycles. The fraction of sp³-hybridized carbons (Fsp3) is 0.554. The lowest BCUT2D eigenvalue weighted by molar-refractivity contribution is 0.184. The van der Waals surface area contributed by atoms with Gasteiger partial charge in [0.15, 0.2) is 0 Å². The Morgan fingerprint density at radius 2 is 1.81 bits per heavy atom. The molecule has 2 aliphatic rings. The van der Waals surface area contributed by atoms with Crippen LogP contribution in [-0.2, 0) is 25.8 Å². The molecule has 2 saturated heterocycles.